The lowest BCUT2D eigenvalue weighted by Crippen LogP contribution is -2.58. The molecule has 538 valence electrons. The van der Waals surface area contributed by atoms with Crippen LogP contribution in [0.5, 0.6) is 0 Å². The lowest BCUT2D eigenvalue weighted by atomic mass is 10.1. The monoisotopic (exact) mass is 1440 g/mol. The first kappa shape index (κ1) is 79.0. The molecule has 0 spiro atoms. The van der Waals surface area contributed by atoms with E-state index in [-0.39, 0.29) is 108 Å². The summed E-state index contributed by atoms with van der Waals surface area (Å²) in [5.41, 5.74) is 9.93. The van der Waals surface area contributed by atoms with Gasteiger partial charge in [0.05, 0.1) is 46.9 Å². The Kier molecular flexibility index (Phi) is 31.2. The fourth-order valence-corrected chi connectivity index (χ4v) is 11.4. The lowest BCUT2D eigenvalue weighted by Gasteiger charge is -2.25. The number of amides is 16. The largest absolute Gasteiger partial charge is 0.480 e. The van der Waals surface area contributed by atoms with E-state index in [0.29, 0.717) is 0 Å². The number of rotatable bonds is 28. The Hall–Kier alpha value is -11.7. The molecule has 3 aromatic rings. The van der Waals surface area contributed by atoms with Gasteiger partial charge in [-0.2, -0.15) is 0 Å². The van der Waals surface area contributed by atoms with E-state index in [0.717, 1.165) is 47.8 Å². The Labute approximate surface area is 574 Å². The first-order chi connectivity index (χ1) is 47.5. The van der Waals surface area contributed by atoms with Gasteiger partial charge in [0.25, 0.3) is 23.2 Å². The van der Waals surface area contributed by atoms with Gasteiger partial charge in [-0.3, -0.25) is 87.4 Å². The third-order valence-electron chi connectivity index (χ3n) is 14.3. The molecule has 0 saturated heterocycles. The molecule has 0 radical (unpaired) electrons. The Morgan fingerprint density at radius 3 is 1.24 bits per heavy atom. The first-order valence-corrected chi connectivity index (χ1v) is 32.4. The van der Waals surface area contributed by atoms with Crippen molar-refractivity contribution in [2.45, 2.75) is 110 Å². The van der Waals surface area contributed by atoms with Gasteiger partial charge in [-0.1, -0.05) is 0 Å². The maximum Gasteiger partial charge on any atom is 0.322 e. The SMILES string of the molecule is NC(=O)C[C@@H]1NC(=O)CNC(=O)c2cc([N+](=O)[O-])ccc2SCC[C@@H](C(=O)N[C@@H](CCCCNC(=O)Nc2ccc(NC(=O)NCCCC[C@H](NC(=O)[C@@H]3CCSc4ccc([N+](=O)[O-])cc4C(=O)NCC(=O)N[C@@H](CC(N)=O)C(=O)N3)C(=O)NCC(=O)O)cc2)C(=O)NCC(=O)O)NC1=O. The van der Waals surface area contributed by atoms with E-state index < -0.39 is 191 Å². The van der Waals surface area contributed by atoms with Gasteiger partial charge in [0.2, 0.25) is 59.1 Å². The number of hydrogen-bond acceptors (Lipinski definition) is 22. The van der Waals surface area contributed by atoms with Crippen molar-refractivity contribution in [3.8, 4) is 0 Å². The standard InChI is InChI=1S/C58H72N18O22S2/c59-43(77)23-39-55(91)73-37(15-19-99-41-13-11-31(75(95)96)21-33(41)49(85)63-25-45(79)69-39)53(89)71-35(51(87)65-27-47(81)82)5-1-3-17-61-57(93)67-29-7-9-30(10-8-29)68-58(94)62-18-4-2-6-36(52(88)66-28-48(83)84)72-54(90)38-16-20-100-42-14-12-32(76(97)98)22-34(42)50(86)64-26-46(80)70-40(24-44(60)78)56(92)74-38/h7-14,21-22,35-40H,1-6,15-20,23-28H2,(H2,59,77)(H2,60,78)(H,63,85)(H,64,86)(H,65,87)(H,66,88)(H,69,79)(H,70,80)(H,71,89)(H,72,90)(H,73,91)(H,74,92)(H,81,82)(H,83,84)(H2,61,67,93)(H2,62,68,94)/t35-,36-,37-,38-,39-,40-/m0/s1. The fourth-order valence-electron chi connectivity index (χ4n) is 9.34. The van der Waals surface area contributed by atoms with E-state index in [1.807, 2.05) is 0 Å². The molecule has 0 saturated carbocycles. The van der Waals surface area contributed by atoms with E-state index in [1.54, 1.807) is 0 Å². The molecule has 0 bridgehead atoms. The van der Waals surface area contributed by atoms with Crippen molar-refractivity contribution in [2.24, 2.45) is 11.5 Å². The predicted molar refractivity (Wildman–Crippen MR) is 350 cm³/mol. The summed E-state index contributed by atoms with van der Waals surface area (Å²) in [4.78, 5) is 228. The summed E-state index contributed by atoms with van der Waals surface area (Å²) in [6.07, 6.45) is -1.64. The second kappa shape index (κ2) is 39.5. The minimum Gasteiger partial charge on any atom is -0.480 e. The van der Waals surface area contributed by atoms with Crippen molar-refractivity contribution < 1.29 is 96.8 Å². The van der Waals surface area contributed by atoms with Crippen LogP contribution in [0, 0.1) is 20.2 Å². The number of benzene rings is 3. The van der Waals surface area contributed by atoms with Gasteiger partial charge in [0.15, 0.2) is 0 Å². The number of thioether (sulfide) groups is 2. The molecule has 16 amide bonds. The number of unbranched alkanes of at least 4 members (excludes halogenated alkanes) is 2. The van der Waals surface area contributed by atoms with Gasteiger partial charge in [-0.25, -0.2) is 9.59 Å². The highest BCUT2D eigenvalue weighted by Crippen LogP contribution is 2.30. The minimum atomic E-state index is -1.66. The first-order valence-electron chi connectivity index (χ1n) is 30.4. The normalized spacial score (nSPS) is 17.4. The van der Waals surface area contributed by atoms with Crippen LogP contribution in [0.15, 0.2) is 70.5 Å². The number of non-ortho nitro benzene ring substituents is 2. The summed E-state index contributed by atoms with van der Waals surface area (Å²) in [6, 6.07) is 2.02. The van der Waals surface area contributed by atoms with Crippen LogP contribution < -0.4 is 85.9 Å². The summed E-state index contributed by atoms with van der Waals surface area (Å²) in [5, 5.41) is 75.3. The zero-order valence-corrected chi connectivity index (χ0v) is 54.5. The Morgan fingerprint density at radius 2 is 0.900 bits per heavy atom. The molecule has 100 heavy (non-hydrogen) atoms. The zero-order chi connectivity index (χ0) is 73.6. The van der Waals surface area contributed by atoms with E-state index in [4.69, 9.17) is 11.5 Å². The quantitative estimate of drug-likeness (QED) is 0.0196. The number of anilines is 2. The summed E-state index contributed by atoms with van der Waals surface area (Å²) in [6.45, 7) is -3.17. The van der Waals surface area contributed by atoms with Crippen molar-refractivity contribution in [3.05, 3.63) is 92.0 Å². The van der Waals surface area contributed by atoms with Crippen molar-refractivity contribution >= 4 is 141 Å². The summed E-state index contributed by atoms with van der Waals surface area (Å²) < 4.78 is 0. The molecule has 42 heteroatoms. The number of carbonyl (C=O) groups excluding carboxylic acids is 14. The van der Waals surface area contributed by atoms with Crippen LogP contribution in [0.1, 0.15) is 84.9 Å². The van der Waals surface area contributed by atoms with Gasteiger partial charge >= 0.3 is 24.0 Å². The maximum absolute atomic E-state index is 14.0. The van der Waals surface area contributed by atoms with Gasteiger partial charge < -0.3 is 96.1 Å². The number of primary amides is 2. The van der Waals surface area contributed by atoms with Crippen molar-refractivity contribution in [1.82, 2.24) is 63.8 Å². The van der Waals surface area contributed by atoms with E-state index in [9.17, 15) is 107 Å². The molecule has 2 aliphatic heterocycles. The Morgan fingerprint density at radius 1 is 0.530 bits per heavy atom. The zero-order valence-electron chi connectivity index (χ0n) is 52.9. The number of hydrogen-bond donors (Lipinski definition) is 18. The smallest absolute Gasteiger partial charge is 0.322 e. The molecule has 2 aliphatic rings. The topological polar surface area (TPSA) is 620 Å². The number of urea groups is 2. The third kappa shape index (κ3) is 27.1. The molecular formula is C58H72N18O22S2. The Bertz CT molecular complexity index is 3410. The van der Waals surface area contributed by atoms with Crippen LogP contribution in [0.3, 0.4) is 0 Å². The minimum absolute atomic E-state index is 0.00512. The van der Waals surface area contributed by atoms with Gasteiger partial charge in [0, 0.05) is 70.0 Å². The number of nitrogens with two attached hydrogens (primary N) is 2. The summed E-state index contributed by atoms with van der Waals surface area (Å²) >= 11 is 1.92. The molecule has 0 fully saturated rings. The second-order valence-corrected chi connectivity index (χ2v) is 24.2. The van der Waals surface area contributed by atoms with E-state index in [2.05, 4.69) is 74.4 Å². The molecule has 2 heterocycles. The number of aliphatic carboxylic acids is 2. The Balaban J connectivity index is 1.13. The molecule has 0 aromatic heterocycles. The van der Waals surface area contributed by atoms with Crippen LogP contribution in [-0.2, 0) is 57.5 Å². The highest BCUT2D eigenvalue weighted by Gasteiger charge is 2.34. The average molecular weight is 1440 g/mol. The van der Waals surface area contributed by atoms with Crippen LogP contribution in [-0.4, -0.2) is 202 Å². The molecular weight excluding hydrogens is 1360 g/mol. The molecule has 3 aromatic carbocycles. The predicted octanol–water partition coefficient (Wildman–Crippen LogP) is -3.00. The number of nitro groups is 2. The summed E-state index contributed by atoms with van der Waals surface area (Å²) in [7, 11) is 0. The molecule has 20 N–H and O–H groups in total. The van der Waals surface area contributed by atoms with Crippen LogP contribution in [0.25, 0.3) is 0 Å². The van der Waals surface area contributed by atoms with E-state index in [1.165, 1.54) is 36.4 Å². The van der Waals surface area contributed by atoms with Crippen molar-refractivity contribution in [2.75, 3.05) is 61.4 Å². The molecule has 0 unspecified atom stereocenters. The van der Waals surface area contributed by atoms with Gasteiger partial charge in [0.1, 0.15) is 49.3 Å². The number of fused-ring (bicyclic) bond motifs is 2. The van der Waals surface area contributed by atoms with Crippen LogP contribution >= 0.6 is 23.5 Å². The van der Waals surface area contributed by atoms with Crippen molar-refractivity contribution in [1.29, 1.82) is 0 Å². The number of carbonyl (C=O) groups is 16. The van der Waals surface area contributed by atoms with Crippen LogP contribution in [0.4, 0.5) is 32.3 Å². The highest BCUT2D eigenvalue weighted by atomic mass is 32.2. The number of nitrogens with one attached hydrogen (secondary N) is 14. The number of nitro benzene ring substituents is 2. The fraction of sp³-hybridized carbons (Fsp3) is 0.414. The van der Waals surface area contributed by atoms with Gasteiger partial charge in [-0.15, -0.1) is 23.5 Å². The number of carboxylic acid groups (broad SMARTS) is 2. The van der Waals surface area contributed by atoms with Gasteiger partial charge in [-0.05, 0) is 87.8 Å². The highest BCUT2D eigenvalue weighted by molar-refractivity contribution is 7.99. The molecule has 6 atom stereocenters. The molecule has 40 nitrogen and oxygen atoms in total. The van der Waals surface area contributed by atoms with E-state index >= 15 is 0 Å². The average Bonchev–Trinajstić information content (AvgIpc) is 0.837. The number of nitrogens with zero attached hydrogens (tertiary/aromatic N) is 2. The lowest BCUT2D eigenvalue weighted by molar-refractivity contribution is -0.385. The molecule has 0 aliphatic carbocycles. The molecule has 5 rings (SSSR count). The van der Waals surface area contributed by atoms with Crippen molar-refractivity contribution in [3.63, 3.8) is 0 Å². The number of carboxylic acids is 2. The third-order valence-corrected chi connectivity index (χ3v) is 16.5. The maximum atomic E-state index is 14.0. The second-order valence-electron chi connectivity index (χ2n) is 21.9. The van der Waals surface area contributed by atoms with Crippen LogP contribution in [0.2, 0.25) is 0 Å². The summed E-state index contributed by atoms with van der Waals surface area (Å²) in [5.74, 6) is -14.7.